The third-order valence-corrected chi connectivity index (χ3v) is 4.45. The molecule has 3 nitrogen and oxygen atoms in total. The zero-order chi connectivity index (χ0) is 15.8. The molecule has 1 saturated heterocycles. The maximum atomic E-state index is 14.1. The van der Waals surface area contributed by atoms with Gasteiger partial charge in [-0.15, -0.1) is 0 Å². The molecule has 3 atom stereocenters. The van der Waals surface area contributed by atoms with E-state index in [-0.39, 0.29) is 17.9 Å². The highest BCUT2D eigenvalue weighted by molar-refractivity contribution is 5.71. The Morgan fingerprint density at radius 3 is 2.45 bits per heavy atom. The lowest BCUT2D eigenvalue weighted by atomic mass is 9.79. The third-order valence-electron chi connectivity index (χ3n) is 4.45. The molecule has 0 spiro atoms. The highest BCUT2D eigenvalue weighted by atomic mass is 35.5. The number of aliphatic carboxylic acids is 1. The summed E-state index contributed by atoms with van der Waals surface area (Å²) in [6, 6.07) is 3.42. The number of rotatable bonds is 2. The lowest BCUT2D eigenvalue weighted by Gasteiger charge is -2.41. The van der Waals surface area contributed by atoms with E-state index in [0.29, 0.717) is 18.5 Å². The highest BCUT2D eigenvalue weighted by Gasteiger charge is 2.42. The van der Waals surface area contributed by atoms with E-state index in [1.165, 1.54) is 17.0 Å². The van der Waals surface area contributed by atoms with Crippen molar-refractivity contribution in [1.82, 2.24) is 0 Å². The van der Waals surface area contributed by atoms with Gasteiger partial charge >= 0.3 is 5.97 Å². The number of piperidine rings is 1. The maximum Gasteiger partial charge on any atom is 0.307 e. The summed E-state index contributed by atoms with van der Waals surface area (Å²) in [5.41, 5.74) is 0.281. The molecule has 22 heavy (non-hydrogen) atoms. The van der Waals surface area contributed by atoms with Crippen molar-refractivity contribution in [1.29, 1.82) is 0 Å². The van der Waals surface area contributed by atoms with E-state index in [2.05, 4.69) is 20.8 Å². The fourth-order valence-corrected chi connectivity index (χ4v) is 3.15. The van der Waals surface area contributed by atoms with Crippen LogP contribution in [-0.4, -0.2) is 29.7 Å². The van der Waals surface area contributed by atoms with Crippen molar-refractivity contribution >= 4 is 5.97 Å². The number of carboxylic acids is 1. The monoisotopic (exact) mass is 333 g/mol. The summed E-state index contributed by atoms with van der Waals surface area (Å²) in [6.07, 6.45) is 0.503. The second-order valence-electron chi connectivity index (χ2n) is 6.81. The molecule has 0 saturated carbocycles. The van der Waals surface area contributed by atoms with Crippen LogP contribution >= 0.6 is 0 Å². The molecule has 2 N–H and O–H groups in total. The number of carbonyl (C=O) groups is 1. The Labute approximate surface area is 135 Å². The van der Waals surface area contributed by atoms with Gasteiger partial charge in [0.15, 0.2) is 0 Å². The molecular formula is C16H22ClF2NO2. The first-order valence-electron chi connectivity index (χ1n) is 7.23. The third kappa shape index (κ3) is 3.96. The molecule has 1 aromatic carbocycles. The minimum Gasteiger partial charge on any atom is -1.00 e. The first-order valence-corrected chi connectivity index (χ1v) is 7.23. The predicted octanol–water partition coefficient (Wildman–Crippen LogP) is -1.16. The lowest BCUT2D eigenvalue weighted by molar-refractivity contribution is -0.953. The van der Waals surface area contributed by atoms with Crippen molar-refractivity contribution in [3.8, 4) is 0 Å². The van der Waals surface area contributed by atoms with E-state index in [1.807, 2.05) is 0 Å². The fourth-order valence-electron chi connectivity index (χ4n) is 3.15. The molecule has 1 fully saturated rings. The van der Waals surface area contributed by atoms with Gasteiger partial charge in [0.25, 0.3) is 0 Å². The number of nitrogens with one attached hydrogen (secondary N) is 1. The van der Waals surface area contributed by atoms with Gasteiger partial charge in [0.2, 0.25) is 0 Å². The van der Waals surface area contributed by atoms with Gasteiger partial charge in [-0.05, 0) is 32.4 Å². The first kappa shape index (κ1) is 18.8. The molecule has 0 radical (unpaired) electrons. The van der Waals surface area contributed by atoms with Crippen LogP contribution in [0.3, 0.4) is 0 Å². The van der Waals surface area contributed by atoms with Crippen LogP contribution < -0.4 is 17.3 Å². The topological polar surface area (TPSA) is 41.7 Å². The predicted molar refractivity (Wildman–Crippen MR) is 75.3 cm³/mol. The van der Waals surface area contributed by atoms with E-state index in [0.717, 1.165) is 12.6 Å². The lowest BCUT2D eigenvalue weighted by Crippen LogP contribution is -3.20. The minimum atomic E-state index is -0.906. The summed E-state index contributed by atoms with van der Waals surface area (Å²) >= 11 is 0. The number of halogens is 3. The quantitative estimate of drug-likeness (QED) is 0.717. The smallest absolute Gasteiger partial charge is 0.307 e. The first-order chi connectivity index (χ1) is 9.70. The Morgan fingerprint density at radius 2 is 1.95 bits per heavy atom. The van der Waals surface area contributed by atoms with Gasteiger partial charge in [0.1, 0.15) is 11.6 Å². The van der Waals surface area contributed by atoms with E-state index < -0.39 is 29.4 Å². The van der Waals surface area contributed by atoms with E-state index in [1.54, 1.807) is 0 Å². The molecule has 0 amide bonds. The number of quaternary nitrogens is 1. The van der Waals surface area contributed by atoms with Crippen molar-refractivity contribution in [2.75, 3.05) is 13.1 Å². The van der Waals surface area contributed by atoms with Gasteiger partial charge < -0.3 is 22.4 Å². The van der Waals surface area contributed by atoms with E-state index in [4.69, 9.17) is 0 Å². The van der Waals surface area contributed by atoms with Crippen LogP contribution in [0.5, 0.6) is 0 Å². The zero-order valence-electron chi connectivity index (χ0n) is 13.0. The van der Waals surface area contributed by atoms with Crippen LogP contribution in [-0.2, 0) is 4.79 Å². The molecule has 1 heterocycles. The molecule has 0 bridgehead atoms. The van der Waals surface area contributed by atoms with Crippen molar-refractivity contribution in [3.63, 3.8) is 0 Å². The van der Waals surface area contributed by atoms with Crippen LogP contribution in [0.4, 0.5) is 8.78 Å². The summed E-state index contributed by atoms with van der Waals surface area (Å²) < 4.78 is 27.1. The van der Waals surface area contributed by atoms with Crippen molar-refractivity contribution < 1.29 is 36.0 Å². The molecule has 1 aliphatic rings. The van der Waals surface area contributed by atoms with Gasteiger partial charge in [-0.2, -0.15) is 0 Å². The molecular weight excluding hydrogens is 312 g/mol. The Morgan fingerprint density at radius 1 is 1.32 bits per heavy atom. The number of benzene rings is 1. The maximum absolute atomic E-state index is 14.1. The molecule has 2 rings (SSSR count). The molecule has 6 heteroatoms. The molecule has 124 valence electrons. The molecule has 1 aromatic rings. The summed E-state index contributed by atoms with van der Waals surface area (Å²) in [6.45, 7) is 7.55. The number of carboxylic acid groups (broad SMARTS) is 1. The average Bonchev–Trinajstić information content (AvgIpc) is 2.37. The highest BCUT2D eigenvalue weighted by Crippen LogP contribution is 2.31. The average molecular weight is 334 g/mol. The Bertz CT molecular complexity index is 545. The largest absolute Gasteiger partial charge is 1.00 e. The fraction of sp³-hybridized carbons (Fsp3) is 0.562. The number of hydrogen-bond donors (Lipinski definition) is 2. The van der Waals surface area contributed by atoms with Crippen LogP contribution in [0.1, 0.15) is 38.7 Å². The Hall–Kier alpha value is -1.20. The van der Waals surface area contributed by atoms with Gasteiger partial charge in [-0.3, -0.25) is 4.79 Å². The SMILES string of the molecule is CC(C)(C)[NH+]1CC[C@@H](C(=O)O)[C@H](c2ccc(F)cc2F)C1.[Cl-]. The van der Waals surface area contributed by atoms with Gasteiger partial charge in [0, 0.05) is 18.4 Å². The van der Waals surface area contributed by atoms with Crippen molar-refractivity contribution in [2.24, 2.45) is 5.92 Å². The van der Waals surface area contributed by atoms with Crippen LogP contribution in [0, 0.1) is 17.6 Å². The van der Waals surface area contributed by atoms with Gasteiger partial charge in [-0.25, -0.2) is 8.78 Å². The number of hydrogen-bond acceptors (Lipinski definition) is 1. The van der Waals surface area contributed by atoms with Crippen molar-refractivity contribution in [2.45, 2.75) is 38.6 Å². The van der Waals surface area contributed by atoms with Crippen LogP contribution in [0.25, 0.3) is 0 Å². The van der Waals surface area contributed by atoms with Crippen LogP contribution in [0.2, 0.25) is 0 Å². The second-order valence-corrected chi connectivity index (χ2v) is 6.81. The van der Waals surface area contributed by atoms with E-state index in [9.17, 15) is 18.7 Å². The summed E-state index contributed by atoms with van der Waals surface area (Å²) in [7, 11) is 0. The second kappa shape index (κ2) is 6.92. The standard InChI is InChI=1S/C16H21F2NO2.ClH/c1-16(2,3)19-7-6-12(15(20)21)13(9-19)11-5-4-10(17)8-14(11)18;/h4-5,8,12-13H,6-7,9H2,1-3H3,(H,20,21);1H/t12-,13+;/m1./s1. The Balaban J connectivity index is 0.00000242. The van der Waals surface area contributed by atoms with Crippen molar-refractivity contribution in [3.05, 3.63) is 35.4 Å². The normalized spacial score (nSPS) is 25.4. The molecule has 1 unspecified atom stereocenters. The Kier molecular flexibility index (Phi) is 5.93. The zero-order valence-corrected chi connectivity index (χ0v) is 13.8. The van der Waals surface area contributed by atoms with Gasteiger partial charge in [0.05, 0.1) is 24.5 Å². The van der Waals surface area contributed by atoms with Gasteiger partial charge in [-0.1, -0.05) is 6.07 Å². The summed E-state index contributed by atoms with van der Waals surface area (Å²) in [4.78, 5) is 12.7. The summed E-state index contributed by atoms with van der Waals surface area (Å²) in [5.74, 6) is -3.24. The molecule has 0 aliphatic carbocycles. The molecule has 1 aliphatic heterocycles. The minimum absolute atomic E-state index is 0. The molecule has 0 aromatic heterocycles. The van der Waals surface area contributed by atoms with Crippen LogP contribution in [0.15, 0.2) is 18.2 Å². The summed E-state index contributed by atoms with van der Waals surface area (Å²) in [5, 5.41) is 9.40. The van der Waals surface area contributed by atoms with E-state index >= 15 is 0 Å². The number of likely N-dealkylation sites (tertiary alicyclic amines) is 1.